The highest BCUT2D eigenvalue weighted by molar-refractivity contribution is 5.74. The molecule has 1 rings (SSSR count). The maximum absolute atomic E-state index is 12.4. The molecule has 2 amide bonds. The molecule has 1 aliphatic rings. The standard InChI is InChI=1S/C15H28N2O4/c1-11(2)12(3)16(4)15(20)17-8-5-13(6-9-17)21-10-7-14(18)19/h11-13H,5-10H2,1-4H3,(H,18,19). The fraction of sp³-hybridized carbons (Fsp3) is 0.867. The molecule has 122 valence electrons. The van der Waals surface area contributed by atoms with Gasteiger partial charge in [-0.15, -0.1) is 0 Å². The molecule has 0 aromatic heterocycles. The summed E-state index contributed by atoms with van der Waals surface area (Å²) in [4.78, 5) is 26.5. The molecule has 0 aromatic carbocycles. The summed E-state index contributed by atoms with van der Waals surface area (Å²) in [5.41, 5.74) is 0. The molecule has 0 bridgehead atoms. The zero-order valence-electron chi connectivity index (χ0n) is 13.5. The summed E-state index contributed by atoms with van der Waals surface area (Å²) in [6.45, 7) is 7.87. The van der Waals surface area contributed by atoms with Gasteiger partial charge in [-0.05, 0) is 25.7 Å². The lowest BCUT2D eigenvalue weighted by Gasteiger charge is -2.37. The predicted molar refractivity (Wildman–Crippen MR) is 80.3 cm³/mol. The number of aliphatic carboxylic acids is 1. The number of nitrogens with zero attached hydrogens (tertiary/aromatic N) is 2. The number of piperidine rings is 1. The molecule has 0 saturated carbocycles. The summed E-state index contributed by atoms with van der Waals surface area (Å²) in [6, 6.07) is 0.280. The van der Waals surface area contributed by atoms with Crippen molar-refractivity contribution in [3.8, 4) is 0 Å². The Morgan fingerprint density at radius 2 is 1.86 bits per heavy atom. The number of likely N-dealkylation sites (tertiary alicyclic amines) is 1. The van der Waals surface area contributed by atoms with Crippen LogP contribution in [-0.2, 0) is 9.53 Å². The highest BCUT2D eigenvalue weighted by atomic mass is 16.5. The van der Waals surface area contributed by atoms with Crippen LogP contribution in [0.2, 0.25) is 0 Å². The molecule has 21 heavy (non-hydrogen) atoms. The van der Waals surface area contributed by atoms with E-state index in [1.165, 1.54) is 0 Å². The minimum Gasteiger partial charge on any atom is -0.481 e. The molecule has 6 heteroatoms. The third-order valence-corrected chi connectivity index (χ3v) is 4.26. The monoisotopic (exact) mass is 300 g/mol. The number of urea groups is 1. The van der Waals surface area contributed by atoms with E-state index in [1.54, 1.807) is 4.90 Å². The van der Waals surface area contributed by atoms with Gasteiger partial charge in [0.05, 0.1) is 19.1 Å². The molecule has 0 radical (unpaired) electrons. The smallest absolute Gasteiger partial charge is 0.319 e. The largest absolute Gasteiger partial charge is 0.481 e. The summed E-state index contributed by atoms with van der Waals surface area (Å²) < 4.78 is 5.54. The van der Waals surface area contributed by atoms with Gasteiger partial charge in [-0.3, -0.25) is 4.79 Å². The Balaban J connectivity index is 2.35. The van der Waals surface area contributed by atoms with Crippen LogP contribution in [0.3, 0.4) is 0 Å². The van der Waals surface area contributed by atoms with Crippen LogP contribution in [0.25, 0.3) is 0 Å². The SMILES string of the molecule is CC(C)C(C)N(C)C(=O)N1CCC(OCCC(=O)O)CC1. The topological polar surface area (TPSA) is 70.1 Å². The van der Waals surface area contributed by atoms with Gasteiger partial charge in [-0.25, -0.2) is 4.79 Å². The van der Waals surface area contributed by atoms with E-state index >= 15 is 0 Å². The highest BCUT2D eigenvalue weighted by Crippen LogP contribution is 2.17. The number of carbonyl (C=O) groups excluding carboxylic acids is 1. The summed E-state index contributed by atoms with van der Waals surface area (Å²) in [7, 11) is 1.85. The summed E-state index contributed by atoms with van der Waals surface area (Å²) in [5, 5.41) is 8.58. The van der Waals surface area contributed by atoms with Gasteiger partial charge in [0.15, 0.2) is 0 Å². The van der Waals surface area contributed by atoms with Crippen LogP contribution in [0.15, 0.2) is 0 Å². The minimum absolute atomic E-state index is 0.0355. The number of hydrogen-bond acceptors (Lipinski definition) is 3. The molecule has 1 heterocycles. The Bertz CT molecular complexity index is 352. The van der Waals surface area contributed by atoms with Crippen molar-refractivity contribution in [2.45, 2.75) is 52.2 Å². The first-order chi connectivity index (χ1) is 9.82. The summed E-state index contributed by atoms with van der Waals surface area (Å²) >= 11 is 0. The quantitative estimate of drug-likeness (QED) is 0.815. The second kappa shape index (κ2) is 8.22. The first kappa shape index (κ1) is 17.8. The molecular weight excluding hydrogens is 272 g/mol. The maximum Gasteiger partial charge on any atom is 0.319 e. The molecule has 1 atom stereocenters. The number of carbonyl (C=O) groups is 2. The molecule has 6 nitrogen and oxygen atoms in total. The van der Waals surface area contributed by atoms with E-state index in [-0.39, 0.29) is 31.2 Å². The minimum atomic E-state index is -0.841. The molecule has 0 spiro atoms. The van der Waals surface area contributed by atoms with Crippen molar-refractivity contribution in [3.63, 3.8) is 0 Å². The second-order valence-electron chi connectivity index (χ2n) is 6.08. The van der Waals surface area contributed by atoms with Crippen molar-refractivity contribution >= 4 is 12.0 Å². The number of hydrogen-bond donors (Lipinski definition) is 1. The van der Waals surface area contributed by atoms with E-state index in [2.05, 4.69) is 20.8 Å². The molecule has 1 fully saturated rings. The van der Waals surface area contributed by atoms with Gasteiger partial charge in [-0.2, -0.15) is 0 Å². The summed E-state index contributed by atoms with van der Waals surface area (Å²) in [6.07, 6.45) is 1.65. The average Bonchev–Trinajstić information content (AvgIpc) is 2.45. The van der Waals surface area contributed by atoms with Crippen LogP contribution in [0, 0.1) is 5.92 Å². The lowest BCUT2D eigenvalue weighted by Crippen LogP contribution is -2.50. The van der Waals surface area contributed by atoms with Crippen molar-refractivity contribution in [1.29, 1.82) is 0 Å². The van der Waals surface area contributed by atoms with E-state index in [4.69, 9.17) is 9.84 Å². The van der Waals surface area contributed by atoms with Crippen LogP contribution in [0.1, 0.15) is 40.0 Å². The van der Waals surface area contributed by atoms with E-state index in [1.807, 2.05) is 11.9 Å². The van der Waals surface area contributed by atoms with E-state index in [0.717, 1.165) is 12.8 Å². The second-order valence-corrected chi connectivity index (χ2v) is 6.08. The highest BCUT2D eigenvalue weighted by Gasteiger charge is 2.27. The first-order valence-electron chi connectivity index (χ1n) is 7.68. The number of rotatable bonds is 6. The predicted octanol–water partition coefficient (Wildman–Crippen LogP) is 2.04. The van der Waals surface area contributed by atoms with Crippen molar-refractivity contribution in [2.24, 2.45) is 5.92 Å². The van der Waals surface area contributed by atoms with Crippen LogP contribution in [0.4, 0.5) is 4.79 Å². The molecular formula is C15H28N2O4. The molecule has 1 saturated heterocycles. The van der Waals surface area contributed by atoms with E-state index < -0.39 is 5.97 Å². The third kappa shape index (κ3) is 5.53. The molecule has 1 N–H and O–H groups in total. The number of amides is 2. The maximum atomic E-state index is 12.4. The molecule has 0 aliphatic carbocycles. The Morgan fingerprint density at radius 1 is 1.29 bits per heavy atom. The van der Waals surface area contributed by atoms with Gasteiger partial charge in [0, 0.05) is 26.2 Å². The van der Waals surface area contributed by atoms with Crippen molar-refractivity contribution in [3.05, 3.63) is 0 Å². The molecule has 1 unspecified atom stereocenters. The molecule has 1 aliphatic heterocycles. The Kier molecular flexibility index (Phi) is 6.95. The fourth-order valence-corrected chi connectivity index (χ4v) is 2.37. The van der Waals surface area contributed by atoms with Crippen LogP contribution in [-0.4, -0.2) is 65.8 Å². The normalized spacial score (nSPS) is 17.9. The number of carboxylic acids is 1. The van der Waals surface area contributed by atoms with Gasteiger partial charge in [0.2, 0.25) is 0 Å². The lowest BCUT2D eigenvalue weighted by molar-refractivity contribution is -0.138. The van der Waals surface area contributed by atoms with Gasteiger partial charge in [0.25, 0.3) is 0 Å². The lowest BCUT2D eigenvalue weighted by atomic mass is 10.1. The van der Waals surface area contributed by atoms with E-state index in [9.17, 15) is 9.59 Å². The number of carboxylic acid groups (broad SMARTS) is 1. The van der Waals surface area contributed by atoms with Crippen LogP contribution >= 0.6 is 0 Å². The van der Waals surface area contributed by atoms with Gasteiger partial charge >= 0.3 is 12.0 Å². The zero-order chi connectivity index (χ0) is 16.0. The fourth-order valence-electron chi connectivity index (χ4n) is 2.37. The zero-order valence-corrected chi connectivity index (χ0v) is 13.5. The van der Waals surface area contributed by atoms with Gasteiger partial charge in [-0.1, -0.05) is 13.8 Å². The van der Waals surface area contributed by atoms with Crippen molar-refractivity contribution in [2.75, 3.05) is 26.7 Å². The van der Waals surface area contributed by atoms with Crippen molar-refractivity contribution in [1.82, 2.24) is 9.80 Å². The molecule has 0 aromatic rings. The number of ether oxygens (including phenoxy) is 1. The van der Waals surface area contributed by atoms with Crippen LogP contribution in [0.5, 0.6) is 0 Å². The van der Waals surface area contributed by atoms with Gasteiger partial charge < -0.3 is 19.6 Å². The third-order valence-electron chi connectivity index (χ3n) is 4.26. The Labute approximate surface area is 127 Å². The van der Waals surface area contributed by atoms with E-state index in [0.29, 0.717) is 19.0 Å². The average molecular weight is 300 g/mol. The van der Waals surface area contributed by atoms with Crippen molar-refractivity contribution < 1.29 is 19.4 Å². The Hall–Kier alpha value is -1.30. The Morgan fingerprint density at radius 3 is 2.33 bits per heavy atom. The van der Waals surface area contributed by atoms with Crippen LogP contribution < -0.4 is 0 Å². The summed E-state index contributed by atoms with van der Waals surface area (Å²) in [5.74, 6) is -0.414. The van der Waals surface area contributed by atoms with Gasteiger partial charge in [0.1, 0.15) is 0 Å². The first-order valence-corrected chi connectivity index (χ1v) is 7.68.